The lowest BCUT2D eigenvalue weighted by Crippen LogP contribution is -2.30. The highest BCUT2D eigenvalue weighted by molar-refractivity contribution is 7.89. The Bertz CT molecular complexity index is 649. The first-order valence-corrected chi connectivity index (χ1v) is 7.23. The Balaban J connectivity index is 2.48. The average molecular weight is 296 g/mol. The average Bonchev–Trinajstić information content (AvgIpc) is 2.84. The lowest BCUT2D eigenvalue weighted by Gasteiger charge is -2.06. The van der Waals surface area contributed by atoms with Gasteiger partial charge in [-0.1, -0.05) is 0 Å². The molecule has 0 aliphatic carbocycles. The molecule has 0 atom stereocenters. The summed E-state index contributed by atoms with van der Waals surface area (Å²) in [6.45, 7) is -0.928. The van der Waals surface area contributed by atoms with E-state index in [2.05, 4.69) is 10.3 Å². The second-order valence-electron chi connectivity index (χ2n) is 3.31. The zero-order valence-corrected chi connectivity index (χ0v) is 10.9. The fourth-order valence-electron chi connectivity index (χ4n) is 1.43. The molecule has 10 heteroatoms. The molecule has 100 valence electrons. The highest BCUT2D eigenvalue weighted by Gasteiger charge is 2.26. The molecule has 2 N–H and O–H groups in total. The molecule has 0 saturated heterocycles. The molecule has 0 amide bonds. The summed E-state index contributed by atoms with van der Waals surface area (Å²) in [4.78, 5) is 4.52. The Hall–Kier alpha value is -1.26. The molecule has 0 unspecified atom stereocenters. The topological polar surface area (TPSA) is 75.5 Å². The lowest BCUT2D eigenvalue weighted by molar-refractivity contribution is 0.153. The number of aromatic nitrogens is 2. The molecule has 0 aliphatic heterocycles. The molecule has 0 radical (unpaired) electrons. The smallest absolute Gasteiger partial charge is 0.260 e. The summed E-state index contributed by atoms with van der Waals surface area (Å²) in [7, 11) is -2.52. The summed E-state index contributed by atoms with van der Waals surface area (Å²) < 4.78 is 51.2. The van der Waals surface area contributed by atoms with Crippen LogP contribution < -0.4 is 10.0 Å². The molecule has 0 saturated carbocycles. The molecule has 2 heterocycles. The van der Waals surface area contributed by atoms with Gasteiger partial charge >= 0.3 is 0 Å². The van der Waals surface area contributed by atoms with Gasteiger partial charge in [-0.2, -0.15) is 0 Å². The third kappa shape index (κ3) is 2.31. The number of anilines is 1. The molecule has 0 spiro atoms. The van der Waals surface area contributed by atoms with Crippen LogP contribution in [0.5, 0.6) is 0 Å². The molecule has 0 fully saturated rings. The minimum atomic E-state index is -4.04. The van der Waals surface area contributed by atoms with Crippen molar-refractivity contribution < 1.29 is 17.2 Å². The number of rotatable bonds is 5. The van der Waals surface area contributed by atoms with Crippen molar-refractivity contribution in [1.82, 2.24) is 14.1 Å². The van der Waals surface area contributed by atoms with E-state index in [9.17, 15) is 17.2 Å². The van der Waals surface area contributed by atoms with E-state index in [4.69, 9.17) is 0 Å². The monoisotopic (exact) mass is 296 g/mol. The van der Waals surface area contributed by atoms with E-state index in [1.54, 1.807) is 5.38 Å². The Labute approximate surface area is 106 Å². The van der Waals surface area contributed by atoms with Gasteiger partial charge < -0.3 is 5.32 Å². The zero-order chi connectivity index (χ0) is 13.3. The number of imidazole rings is 1. The van der Waals surface area contributed by atoms with Gasteiger partial charge in [0.2, 0.25) is 0 Å². The number of nitrogens with one attached hydrogen (secondary N) is 2. The van der Waals surface area contributed by atoms with Gasteiger partial charge in [0.1, 0.15) is 0 Å². The minimum Gasteiger partial charge on any atom is -0.371 e. The first-order chi connectivity index (χ1) is 8.45. The summed E-state index contributed by atoms with van der Waals surface area (Å²) in [5, 5.41) is 4.13. The number of hydrogen-bond donors (Lipinski definition) is 2. The molecule has 0 aromatic carbocycles. The van der Waals surface area contributed by atoms with Crippen molar-refractivity contribution in [3.63, 3.8) is 0 Å². The van der Waals surface area contributed by atoms with E-state index < -0.39 is 23.0 Å². The number of alkyl halides is 2. The third-order valence-electron chi connectivity index (χ3n) is 2.14. The molecule has 2 aromatic heterocycles. The van der Waals surface area contributed by atoms with E-state index in [1.165, 1.54) is 29.0 Å². The summed E-state index contributed by atoms with van der Waals surface area (Å²) in [6.07, 6.45) is -1.23. The largest absolute Gasteiger partial charge is 0.371 e. The number of nitrogens with zero attached hydrogens (tertiary/aromatic N) is 2. The summed E-state index contributed by atoms with van der Waals surface area (Å²) >= 11 is 1.25. The van der Waals surface area contributed by atoms with E-state index in [0.717, 1.165) is 0 Å². The molecular weight excluding hydrogens is 286 g/mol. The van der Waals surface area contributed by atoms with Crippen molar-refractivity contribution in [2.75, 3.05) is 18.9 Å². The number of thiazole rings is 1. The van der Waals surface area contributed by atoms with E-state index >= 15 is 0 Å². The first kappa shape index (κ1) is 13.2. The predicted molar refractivity (Wildman–Crippen MR) is 63.8 cm³/mol. The van der Waals surface area contributed by atoms with Gasteiger partial charge in [-0.3, -0.25) is 4.40 Å². The van der Waals surface area contributed by atoms with Crippen molar-refractivity contribution in [3.8, 4) is 0 Å². The maximum Gasteiger partial charge on any atom is 0.260 e. The minimum absolute atomic E-state index is 0.128. The van der Waals surface area contributed by atoms with Gasteiger partial charge in [0.15, 0.2) is 15.8 Å². The Morgan fingerprint density at radius 2 is 2.28 bits per heavy atom. The van der Waals surface area contributed by atoms with E-state index in [-0.39, 0.29) is 10.8 Å². The quantitative estimate of drug-likeness (QED) is 0.862. The van der Waals surface area contributed by atoms with Crippen LogP contribution in [0.1, 0.15) is 0 Å². The second-order valence-corrected chi connectivity index (χ2v) is 5.87. The molecule has 6 nitrogen and oxygen atoms in total. The molecule has 0 bridgehead atoms. The summed E-state index contributed by atoms with van der Waals surface area (Å²) in [5.74, 6) is 0.128. The second kappa shape index (κ2) is 4.78. The molecular formula is C8H10F2N4O2S2. The van der Waals surface area contributed by atoms with Crippen LogP contribution in [0.25, 0.3) is 4.96 Å². The van der Waals surface area contributed by atoms with Gasteiger partial charge in [0.25, 0.3) is 16.4 Å². The normalized spacial score (nSPS) is 12.4. The number of fused-ring (bicyclic) bond motifs is 1. The van der Waals surface area contributed by atoms with Crippen LogP contribution in [-0.4, -0.2) is 37.8 Å². The Morgan fingerprint density at radius 3 is 2.89 bits per heavy atom. The highest BCUT2D eigenvalue weighted by Crippen LogP contribution is 2.25. The first-order valence-electron chi connectivity index (χ1n) is 4.87. The van der Waals surface area contributed by atoms with Crippen LogP contribution in [0.2, 0.25) is 0 Å². The van der Waals surface area contributed by atoms with Gasteiger partial charge in [-0.05, 0) is 0 Å². The van der Waals surface area contributed by atoms with Gasteiger partial charge in [-0.15, -0.1) is 11.3 Å². The maximum atomic E-state index is 12.1. The van der Waals surface area contributed by atoms with Crippen LogP contribution >= 0.6 is 11.3 Å². The van der Waals surface area contributed by atoms with Crippen molar-refractivity contribution in [3.05, 3.63) is 11.6 Å². The predicted octanol–water partition coefficient (Wildman–Crippen LogP) is 0.981. The lowest BCUT2D eigenvalue weighted by atomic mass is 10.7. The highest BCUT2D eigenvalue weighted by atomic mass is 32.2. The van der Waals surface area contributed by atoms with E-state index in [0.29, 0.717) is 4.96 Å². The summed E-state index contributed by atoms with van der Waals surface area (Å²) in [5.41, 5.74) is 0. The zero-order valence-electron chi connectivity index (χ0n) is 9.22. The maximum absolute atomic E-state index is 12.1. The van der Waals surface area contributed by atoms with Crippen LogP contribution in [0.15, 0.2) is 16.6 Å². The summed E-state index contributed by atoms with van der Waals surface area (Å²) in [6, 6.07) is 0. The van der Waals surface area contributed by atoms with Crippen LogP contribution in [0.4, 0.5) is 14.6 Å². The van der Waals surface area contributed by atoms with Gasteiger partial charge in [-0.25, -0.2) is 26.9 Å². The SMILES string of the molecule is CNc1nc2sccn2c1S(=O)(=O)NCC(F)F. The van der Waals surface area contributed by atoms with E-state index in [1.807, 2.05) is 4.72 Å². The Kier molecular flexibility index (Phi) is 3.50. The Morgan fingerprint density at radius 1 is 1.56 bits per heavy atom. The number of hydrogen-bond acceptors (Lipinski definition) is 5. The standard InChI is InChI=1S/C8H10F2N4O2S2/c1-11-6-7(14-2-3-17-8(14)13-6)18(15,16)12-4-5(9)10/h2-3,5,11-12H,4H2,1H3. The fraction of sp³-hybridized carbons (Fsp3) is 0.375. The molecule has 2 aromatic rings. The third-order valence-corrected chi connectivity index (χ3v) is 4.34. The van der Waals surface area contributed by atoms with Gasteiger partial charge in [0, 0.05) is 18.6 Å². The number of sulfonamides is 1. The van der Waals surface area contributed by atoms with Crippen LogP contribution in [0, 0.1) is 0 Å². The number of halogens is 2. The van der Waals surface area contributed by atoms with Crippen LogP contribution in [0.3, 0.4) is 0 Å². The van der Waals surface area contributed by atoms with Crippen molar-refractivity contribution >= 4 is 32.1 Å². The fourth-order valence-corrected chi connectivity index (χ4v) is 3.49. The molecule has 18 heavy (non-hydrogen) atoms. The van der Waals surface area contributed by atoms with Crippen LogP contribution in [-0.2, 0) is 10.0 Å². The molecule has 2 rings (SSSR count). The van der Waals surface area contributed by atoms with Crippen molar-refractivity contribution in [2.24, 2.45) is 0 Å². The van der Waals surface area contributed by atoms with Gasteiger partial charge in [0.05, 0.1) is 6.54 Å². The van der Waals surface area contributed by atoms with Crippen molar-refractivity contribution in [2.45, 2.75) is 11.5 Å². The van der Waals surface area contributed by atoms with Crippen molar-refractivity contribution in [1.29, 1.82) is 0 Å². The molecule has 0 aliphatic rings.